The lowest BCUT2D eigenvalue weighted by atomic mass is 10.1. The van der Waals surface area contributed by atoms with E-state index in [9.17, 15) is 4.79 Å². The molecule has 0 fully saturated rings. The van der Waals surface area contributed by atoms with E-state index in [1.54, 1.807) is 0 Å². The minimum Gasteiger partial charge on any atom is -0.334 e. The molecule has 0 saturated heterocycles. The van der Waals surface area contributed by atoms with Crippen LogP contribution in [0.15, 0.2) is 24.5 Å². The van der Waals surface area contributed by atoms with Gasteiger partial charge in [0, 0.05) is 37.1 Å². The van der Waals surface area contributed by atoms with Crippen LogP contribution in [0, 0.1) is 13.8 Å². The van der Waals surface area contributed by atoms with Gasteiger partial charge in [0.1, 0.15) is 0 Å². The fraction of sp³-hybridized carbons (Fsp3) is 0.438. The standard InChI is InChI=1S/C16H22N4O/c1-5-19(10-14-9-17-20(6-2)11-14)16(21)15-8-7-12(3)18-13(15)4/h7-9,11H,5-6,10H2,1-4H3. The summed E-state index contributed by atoms with van der Waals surface area (Å²) in [6.45, 7) is 9.90. The molecule has 0 aliphatic carbocycles. The predicted octanol–water partition coefficient (Wildman–Crippen LogP) is 2.58. The van der Waals surface area contributed by atoms with Gasteiger partial charge in [-0.2, -0.15) is 5.10 Å². The van der Waals surface area contributed by atoms with E-state index in [1.807, 2.05) is 61.8 Å². The highest BCUT2D eigenvalue weighted by Gasteiger charge is 2.17. The highest BCUT2D eigenvalue weighted by atomic mass is 16.2. The summed E-state index contributed by atoms with van der Waals surface area (Å²) in [5, 5.41) is 4.25. The lowest BCUT2D eigenvalue weighted by molar-refractivity contribution is 0.0751. The molecule has 0 N–H and O–H groups in total. The molecule has 2 aromatic heterocycles. The molecule has 0 unspecified atom stereocenters. The molecule has 112 valence electrons. The predicted molar refractivity (Wildman–Crippen MR) is 82.0 cm³/mol. The van der Waals surface area contributed by atoms with Crippen molar-refractivity contribution in [2.45, 2.75) is 40.8 Å². The van der Waals surface area contributed by atoms with Gasteiger partial charge >= 0.3 is 0 Å². The normalized spacial score (nSPS) is 10.7. The number of nitrogens with zero attached hydrogens (tertiary/aromatic N) is 4. The molecule has 0 atom stereocenters. The summed E-state index contributed by atoms with van der Waals surface area (Å²) in [6, 6.07) is 3.74. The topological polar surface area (TPSA) is 51.0 Å². The van der Waals surface area contributed by atoms with Gasteiger partial charge in [0.2, 0.25) is 0 Å². The monoisotopic (exact) mass is 286 g/mol. The molecule has 0 bridgehead atoms. The lowest BCUT2D eigenvalue weighted by Gasteiger charge is -2.21. The van der Waals surface area contributed by atoms with E-state index in [-0.39, 0.29) is 5.91 Å². The van der Waals surface area contributed by atoms with Crippen molar-refractivity contribution in [3.63, 3.8) is 0 Å². The average molecular weight is 286 g/mol. The van der Waals surface area contributed by atoms with Crippen LogP contribution in [0.5, 0.6) is 0 Å². The van der Waals surface area contributed by atoms with Crippen molar-refractivity contribution in [1.82, 2.24) is 19.7 Å². The SMILES string of the molecule is CCN(Cc1cnn(CC)c1)C(=O)c1ccc(C)nc1C. The number of hydrogen-bond donors (Lipinski definition) is 0. The number of carbonyl (C=O) groups is 1. The van der Waals surface area contributed by atoms with Crippen LogP contribution in [-0.4, -0.2) is 32.1 Å². The van der Waals surface area contributed by atoms with Gasteiger partial charge in [0.15, 0.2) is 0 Å². The number of carbonyl (C=O) groups excluding carboxylic acids is 1. The molecule has 2 heterocycles. The summed E-state index contributed by atoms with van der Waals surface area (Å²) in [4.78, 5) is 18.8. The third kappa shape index (κ3) is 3.48. The first-order valence-electron chi connectivity index (χ1n) is 7.30. The zero-order chi connectivity index (χ0) is 15.4. The summed E-state index contributed by atoms with van der Waals surface area (Å²) in [7, 11) is 0. The molecule has 5 nitrogen and oxygen atoms in total. The Morgan fingerprint density at radius 2 is 2.05 bits per heavy atom. The van der Waals surface area contributed by atoms with Crippen LogP contribution >= 0.6 is 0 Å². The molecule has 1 amide bonds. The molecular formula is C16H22N4O. The Balaban J connectivity index is 2.18. The summed E-state index contributed by atoms with van der Waals surface area (Å²) >= 11 is 0. The third-order valence-electron chi connectivity index (χ3n) is 3.51. The number of pyridine rings is 1. The van der Waals surface area contributed by atoms with Crippen molar-refractivity contribution in [1.29, 1.82) is 0 Å². The third-order valence-corrected chi connectivity index (χ3v) is 3.51. The van der Waals surface area contributed by atoms with Gasteiger partial charge in [-0.25, -0.2) is 0 Å². The van der Waals surface area contributed by atoms with Crippen LogP contribution in [0.2, 0.25) is 0 Å². The zero-order valence-electron chi connectivity index (χ0n) is 13.1. The molecule has 0 aliphatic rings. The second kappa shape index (κ2) is 6.52. The minimum absolute atomic E-state index is 0.0201. The summed E-state index contributed by atoms with van der Waals surface area (Å²) in [5.41, 5.74) is 3.43. The van der Waals surface area contributed by atoms with E-state index in [0.29, 0.717) is 18.7 Å². The highest BCUT2D eigenvalue weighted by molar-refractivity contribution is 5.95. The average Bonchev–Trinajstić information content (AvgIpc) is 2.92. The first-order chi connectivity index (χ1) is 10.0. The van der Waals surface area contributed by atoms with Crippen molar-refractivity contribution in [3.05, 3.63) is 47.0 Å². The number of aryl methyl sites for hydroxylation is 3. The van der Waals surface area contributed by atoms with Crippen LogP contribution in [-0.2, 0) is 13.1 Å². The van der Waals surface area contributed by atoms with E-state index in [4.69, 9.17) is 0 Å². The Kier molecular flexibility index (Phi) is 4.73. The molecule has 0 aliphatic heterocycles. The lowest BCUT2D eigenvalue weighted by Crippen LogP contribution is -2.31. The van der Waals surface area contributed by atoms with Crippen LogP contribution in [0.4, 0.5) is 0 Å². The van der Waals surface area contributed by atoms with Crippen LogP contribution in [0.3, 0.4) is 0 Å². The molecule has 21 heavy (non-hydrogen) atoms. The molecule has 0 radical (unpaired) electrons. The Morgan fingerprint density at radius 1 is 1.29 bits per heavy atom. The van der Waals surface area contributed by atoms with E-state index in [0.717, 1.165) is 23.5 Å². The van der Waals surface area contributed by atoms with Gasteiger partial charge in [0.25, 0.3) is 5.91 Å². The van der Waals surface area contributed by atoms with Gasteiger partial charge in [0.05, 0.1) is 17.5 Å². The summed E-state index contributed by atoms with van der Waals surface area (Å²) < 4.78 is 1.87. The summed E-state index contributed by atoms with van der Waals surface area (Å²) in [6.07, 6.45) is 3.80. The zero-order valence-corrected chi connectivity index (χ0v) is 13.1. The Hall–Kier alpha value is -2.17. The van der Waals surface area contributed by atoms with Gasteiger partial charge < -0.3 is 4.90 Å². The Morgan fingerprint density at radius 3 is 2.62 bits per heavy atom. The molecule has 0 spiro atoms. The van der Waals surface area contributed by atoms with Crippen molar-refractivity contribution in [2.75, 3.05) is 6.54 Å². The fourth-order valence-electron chi connectivity index (χ4n) is 2.29. The van der Waals surface area contributed by atoms with Gasteiger partial charge in [-0.1, -0.05) is 0 Å². The van der Waals surface area contributed by atoms with Crippen molar-refractivity contribution >= 4 is 5.91 Å². The first kappa shape index (κ1) is 15.2. The Bertz CT molecular complexity index is 633. The first-order valence-corrected chi connectivity index (χ1v) is 7.30. The second-order valence-electron chi connectivity index (χ2n) is 5.11. The summed E-state index contributed by atoms with van der Waals surface area (Å²) in [5.74, 6) is 0.0201. The Labute approximate surface area is 125 Å². The highest BCUT2D eigenvalue weighted by Crippen LogP contribution is 2.13. The van der Waals surface area contributed by atoms with Crippen molar-refractivity contribution in [3.8, 4) is 0 Å². The van der Waals surface area contributed by atoms with Gasteiger partial charge in [-0.3, -0.25) is 14.5 Å². The van der Waals surface area contributed by atoms with E-state index < -0.39 is 0 Å². The number of hydrogen-bond acceptors (Lipinski definition) is 3. The maximum atomic E-state index is 12.6. The maximum absolute atomic E-state index is 12.6. The number of aromatic nitrogens is 3. The molecule has 5 heteroatoms. The maximum Gasteiger partial charge on any atom is 0.255 e. The van der Waals surface area contributed by atoms with Crippen LogP contribution in [0.25, 0.3) is 0 Å². The largest absolute Gasteiger partial charge is 0.334 e. The molecule has 0 saturated carbocycles. The quantitative estimate of drug-likeness (QED) is 0.849. The van der Waals surface area contributed by atoms with Gasteiger partial charge in [-0.05, 0) is 39.8 Å². The van der Waals surface area contributed by atoms with E-state index >= 15 is 0 Å². The van der Waals surface area contributed by atoms with Crippen molar-refractivity contribution < 1.29 is 4.79 Å². The minimum atomic E-state index is 0.0201. The number of rotatable bonds is 5. The fourth-order valence-corrected chi connectivity index (χ4v) is 2.29. The van der Waals surface area contributed by atoms with E-state index in [1.165, 1.54) is 0 Å². The van der Waals surface area contributed by atoms with Crippen LogP contribution < -0.4 is 0 Å². The number of amides is 1. The molecule has 2 aromatic rings. The second-order valence-corrected chi connectivity index (χ2v) is 5.11. The van der Waals surface area contributed by atoms with E-state index in [2.05, 4.69) is 10.1 Å². The van der Waals surface area contributed by atoms with Crippen molar-refractivity contribution in [2.24, 2.45) is 0 Å². The molecule has 2 rings (SSSR count). The van der Waals surface area contributed by atoms with Crippen LogP contribution in [0.1, 0.15) is 41.2 Å². The van der Waals surface area contributed by atoms with Gasteiger partial charge in [-0.15, -0.1) is 0 Å². The molecule has 0 aromatic carbocycles. The smallest absolute Gasteiger partial charge is 0.255 e. The molecular weight excluding hydrogens is 264 g/mol.